The molecule has 0 unspecified atom stereocenters. The first-order chi connectivity index (χ1) is 7.83. The molecular weight excluding hydrogens is 198 g/mol. The molecule has 16 heavy (non-hydrogen) atoms. The molecule has 3 rings (SSSR count). The molecule has 0 bridgehead atoms. The van der Waals surface area contributed by atoms with Gasteiger partial charge in [0.25, 0.3) is 0 Å². The summed E-state index contributed by atoms with van der Waals surface area (Å²) in [5.74, 6) is 0. The Morgan fingerprint density at radius 3 is 2.88 bits per heavy atom. The topological polar surface area (TPSA) is 30.2 Å². The van der Waals surface area contributed by atoms with Gasteiger partial charge in [-0.3, -0.25) is 4.98 Å². The number of aryl methyl sites for hydroxylation is 1. The first-order valence-corrected chi connectivity index (χ1v) is 5.19. The van der Waals surface area contributed by atoms with Crippen LogP contribution in [-0.4, -0.2) is 14.4 Å². The Morgan fingerprint density at radius 2 is 2.06 bits per heavy atom. The molecule has 3 heterocycles. The lowest BCUT2D eigenvalue weighted by molar-refractivity contribution is 1.16. The highest BCUT2D eigenvalue weighted by molar-refractivity contribution is 5.61. The Hall–Kier alpha value is -2.16. The zero-order valence-corrected chi connectivity index (χ0v) is 8.96. The summed E-state index contributed by atoms with van der Waals surface area (Å²) >= 11 is 0. The zero-order chi connectivity index (χ0) is 11.0. The molecule has 0 atom stereocenters. The summed E-state index contributed by atoms with van der Waals surface area (Å²) in [6, 6.07) is 8.02. The van der Waals surface area contributed by atoms with E-state index in [-0.39, 0.29) is 0 Å². The Labute approximate surface area is 93.4 Å². The molecule has 0 aliphatic rings. The Bertz CT molecular complexity index is 626. The predicted molar refractivity (Wildman–Crippen MR) is 63.2 cm³/mol. The van der Waals surface area contributed by atoms with Gasteiger partial charge in [-0.05, 0) is 30.7 Å². The van der Waals surface area contributed by atoms with Crippen LogP contribution in [0.1, 0.15) is 5.56 Å². The Kier molecular flexibility index (Phi) is 1.96. The molecule has 0 aliphatic heterocycles. The number of rotatable bonds is 1. The molecule has 0 N–H and O–H groups in total. The van der Waals surface area contributed by atoms with Crippen LogP contribution in [0.3, 0.4) is 0 Å². The number of hydrogen-bond donors (Lipinski definition) is 0. The quantitative estimate of drug-likeness (QED) is 0.616. The number of hydrogen-bond acceptors (Lipinski definition) is 2. The third-order valence-corrected chi connectivity index (χ3v) is 2.56. The van der Waals surface area contributed by atoms with Gasteiger partial charge in [0.15, 0.2) is 0 Å². The molecule has 0 spiro atoms. The van der Waals surface area contributed by atoms with E-state index in [4.69, 9.17) is 0 Å². The molecular formula is C13H11N3. The van der Waals surface area contributed by atoms with E-state index in [9.17, 15) is 0 Å². The maximum Gasteiger partial charge on any atom is 0.137 e. The lowest BCUT2D eigenvalue weighted by atomic mass is 10.2. The second-order valence-corrected chi connectivity index (χ2v) is 3.84. The van der Waals surface area contributed by atoms with Gasteiger partial charge in [0, 0.05) is 30.4 Å². The average Bonchev–Trinajstić information content (AvgIpc) is 2.73. The van der Waals surface area contributed by atoms with Crippen LogP contribution in [0.15, 0.2) is 49.1 Å². The van der Waals surface area contributed by atoms with Crippen LogP contribution in [0.4, 0.5) is 0 Å². The van der Waals surface area contributed by atoms with Gasteiger partial charge in [-0.1, -0.05) is 6.07 Å². The third-order valence-electron chi connectivity index (χ3n) is 2.56. The second kappa shape index (κ2) is 3.45. The number of imidazole rings is 1. The first kappa shape index (κ1) is 9.09. The van der Waals surface area contributed by atoms with E-state index in [0.717, 1.165) is 16.9 Å². The van der Waals surface area contributed by atoms with Crippen molar-refractivity contribution >= 4 is 5.65 Å². The van der Waals surface area contributed by atoms with Gasteiger partial charge < -0.3 is 4.40 Å². The van der Waals surface area contributed by atoms with Crippen molar-refractivity contribution in [1.29, 1.82) is 0 Å². The second-order valence-electron chi connectivity index (χ2n) is 3.84. The van der Waals surface area contributed by atoms with E-state index in [2.05, 4.69) is 29.2 Å². The fraction of sp³-hybridized carbons (Fsp3) is 0.0769. The molecule has 0 aromatic carbocycles. The van der Waals surface area contributed by atoms with Gasteiger partial charge in [0.1, 0.15) is 5.65 Å². The third kappa shape index (κ3) is 1.46. The highest BCUT2D eigenvalue weighted by Crippen LogP contribution is 2.17. The van der Waals surface area contributed by atoms with Crippen molar-refractivity contribution in [1.82, 2.24) is 14.4 Å². The highest BCUT2D eigenvalue weighted by atomic mass is 15.0. The van der Waals surface area contributed by atoms with Gasteiger partial charge in [0.2, 0.25) is 0 Å². The van der Waals surface area contributed by atoms with E-state index < -0.39 is 0 Å². The molecule has 0 fully saturated rings. The fourth-order valence-corrected chi connectivity index (χ4v) is 1.76. The minimum atomic E-state index is 0.957. The summed E-state index contributed by atoms with van der Waals surface area (Å²) in [7, 11) is 0. The molecule has 0 saturated carbocycles. The minimum Gasteiger partial charge on any atom is -0.306 e. The maximum atomic E-state index is 4.55. The van der Waals surface area contributed by atoms with Gasteiger partial charge in [-0.2, -0.15) is 0 Å². The predicted octanol–water partition coefficient (Wildman–Crippen LogP) is 2.70. The molecule has 0 amide bonds. The lowest BCUT2D eigenvalue weighted by Crippen LogP contribution is -1.82. The fourth-order valence-electron chi connectivity index (χ4n) is 1.76. The van der Waals surface area contributed by atoms with Crippen LogP contribution in [-0.2, 0) is 0 Å². The van der Waals surface area contributed by atoms with Gasteiger partial charge in [-0.15, -0.1) is 0 Å². The van der Waals surface area contributed by atoms with Crippen molar-refractivity contribution in [2.45, 2.75) is 6.92 Å². The van der Waals surface area contributed by atoms with Crippen LogP contribution in [0, 0.1) is 6.92 Å². The van der Waals surface area contributed by atoms with E-state index in [1.165, 1.54) is 5.56 Å². The first-order valence-electron chi connectivity index (χ1n) is 5.19. The summed E-state index contributed by atoms with van der Waals surface area (Å²) in [6.45, 7) is 2.07. The lowest BCUT2D eigenvalue weighted by Gasteiger charge is -1.93. The standard InChI is InChI=1S/C13H11N3/c1-10-4-5-13-15-12(9-16(13)8-10)11-3-2-6-14-7-11/h2-9H,1H3. The summed E-state index contributed by atoms with van der Waals surface area (Å²) in [6.07, 6.45) is 7.69. The average molecular weight is 209 g/mol. The highest BCUT2D eigenvalue weighted by Gasteiger charge is 2.03. The van der Waals surface area contributed by atoms with Crippen molar-refractivity contribution in [3.8, 4) is 11.3 Å². The van der Waals surface area contributed by atoms with Crippen molar-refractivity contribution in [2.75, 3.05) is 0 Å². The SMILES string of the molecule is Cc1ccc2nc(-c3cccnc3)cn2c1. The van der Waals surface area contributed by atoms with Crippen molar-refractivity contribution < 1.29 is 0 Å². The van der Waals surface area contributed by atoms with Gasteiger partial charge >= 0.3 is 0 Å². The smallest absolute Gasteiger partial charge is 0.137 e. The molecule has 3 aromatic heterocycles. The van der Waals surface area contributed by atoms with Crippen LogP contribution < -0.4 is 0 Å². The molecule has 3 heteroatoms. The van der Waals surface area contributed by atoms with E-state index in [0.29, 0.717) is 0 Å². The van der Waals surface area contributed by atoms with Gasteiger partial charge in [-0.25, -0.2) is 4.98 Å². The van der Waals surface area contributed by atoms with E-state index in [1.807, 2.05) is 35.0 Å². The van der Waals surface area contributed by atoms with Crippen molar-refractivity contribution in [3.05, 3.63) is 54.6 Å². The molecule has 0 aliphatic carbocycles. The van der Waals surface area contributed by atoms with Gasteiger partial charge in [0.05, 0.1) is 5.69 Å². The van der Waals surface area contributed by atoms with Crippen LogP contribution in [0.25, 0.3) is 16.9 Å². The number of nitrogens with zero attached hydrogens (tertiary/aromatic N) is 3. The molecule has 3 nitrogen and oxygen atoms in total. The molecule has 3 aromatic rings. The number of aromatic nitrogens is 3. The Morgan fingerprint density at radius 1 is 1.12 bits per heavy atom. The summed E-state index contributed by atoms with van der Waals surface area (Å²) in [5.41, 5.74) is 4.19. The summed E-state index contributed by atoms with van der Waals surface area (Å²) in [4.78, 5) is 8.65. The summed E-state index contributed by atoms with van der Waals surface area (Å²) < 4.78 is 2.04. The van der Waals surface area contributed by atoms with Crippen LogP contribution in [0.2, 0.25) is 0 Å². The molecule has 0 saturated heterocycles. The largest absolute Gasteiger partial charge is 0.306 e. The van der Waals surface area contributed by atoms with Crippen molar-refractivity contribution in [3.63, 3.8) is 0 Å². The molecule has 78 valence electrons. The number of pyridine rings is 2. The monoisotopic (exact) mass is 209 g/mol. The van der Waals surface area contributed by atoms with E-state index in [1.54, 1.807) is 6.20 Å². The van der Waals surface area contributed by atoms with Crippen LogP contribution in [0.5, 0.6) is 0 Å². The molecule has 0 radical (unpaired) electrons. The Balaban J connectivity index is 2.19. The maximum absolute atomic E-state index is 4.55. The normalized spacial score (nSPS) is 10.8. The summed E-state index contributed by atoms with van der Waals surface area (Å²) in [5, 5.41) is 0. The minimum absolute atomic E-state index is 0.957. The van der Waals surface area contributed by atoms with E-state index >= 15 is 0 Å². The van der Waals surface area contributed by atoms with Crippen molar-refractivity contribution in [2.24, 2.45) is 0 Å². The van der Waals surface area contributed by atoms with Crippen LogP contribution >= 0.6 is 0 Å². The number of fused-ring (bicyclic) bond motifs is 1. The zero-order valence-electron chi connectivity index (χ0n) is 8.96.